The third-order valence-corrected chi connectivity index (χ3v) is 4.78. The Morgan fingerprint density at radius 2 is 1.91 bits per heavy atom. The summed E-state index contributed by atoms with van der Waals surface area (Å²) in [5, 5.41) is 18.1. The van der Waals surface area contributed by atoms with Crippen molar-refractivity contribution >= 4 is 29.8 Å². The zero-order valence-electron chi connectivity index (χ0n) is 18.2. The molecule has 1 fully saturated rings. The van der Waals surface area contributed by atoms with Gasteiger partial charge in [0, 0.05) is 38.6 Å². The highest BCUT2D eigenvalue weighted by atomic mass is 16.5. The molecule has 0 aliphatic carbocycles. The van der Waals surface area contributed by atoms with Crippen molar-refractivity contribution in [3.8, 4) is 5.88 Å². The van der Waals surface area contributed by atoms with Crippen molar-refractivity contribution in [1.82, 2.24) is 29.5 Å². The van der Waals surface area contributed by atoms with E-state index in [0.717, 1.165) is 37.7 Å². The van der Waals surface area contributed by atoms with Crippen molar-refractivity contribution in [3.63, 3.8) is 0 Å². The van der Waals surface area contributed by atoms with Gasteiger partial charge in [-0.15, -0.1) is 10.2 Å². The number of piperazine rings is 1. The van der Waals surface area contributed by atoms with Gasteiger partial charge in [-0.05, 0) is 33.0 Å². The van der Waals surface area contributed by atoms with Crippen LogP contribution in [0.1, 0.15) is 23.0 Å². The largest absolute Gasteiger partial charge is 0.483 e. The Bertz CT molecular complexity index is 1060. The number of aromatic nitrogens is 5. The zero-order chi connectivity index (χ0) is 23.1. The van der Waals surface area contributed by atoms with Crippen LogP contribution in [0, 0.1) is 6.92 Å². The van der Waals surface area contributed by atoms with Crippen LogP contribution in [0.4, 0.5) is 11.6 Å². The number of rotatable bonds is 5. The number of fused-ring (bicyclic) bond motifs is 1. The lowest BCUT2D eigenvalue weighted by atomic mass is 10.3. The van der Waals surface area contributed by atoms with E-state index in [1.165, 1.54) is 0 Å². The van der Waals surface area contributed by atoms with Gasteiger partial charge in [0.15, 0.2) is 11.6 Å². The average Bonchev–Trinajstić information content (AvgIpc) is 3.14. The maximum Gasteiger partial charge on any atom is 0.290 e. The molecule has 0 spiro atoms. The Morgan fingerprint density at radius 3 is 2.53 bits per heavy atom. The number of amides is 1. The molecule has 170 valence electrons. The maximum atomic E-state index is 12.8. The number of carboxylic acid groups (broad SMARTS) is 1. The molecule has 0 unspecified atom stereocenters. The van der Waals surface area contributed by atoms with Crippen LogP contribution < -0.4 is 15.0 Å². The summed E-state index contributed by atoms with van der Waals surface area (Å²) in [5.41, 5.74) is 1.12. The van der Waals surface area contributed by atoms with Crippen LogP contribution in [-0.2, 0) is 4.79 Å². The van der Waals surface area contributed by atoms with Gasteiger partial charge in [0.2, 0.25) is 11.7 Å². The van der Waals surface area contributed by atoms with Crippen molar-refractivity contribution in [2.45, 2.75) is 13.8 Å². The van der Waals surface area contributed by atoms with Crippen LogP contribution in [0.15, 0.2) is 24.5 Å². The molecule has 32 heavy (non-hydrogen) atoms. The van der Waals surface area contributed by atoms with Crippen molar-refractivity contribution < 1.29 is 19.4 Å². The normalized spacial score (nSPS) is 13.9. The predicted octanol–water partition coefficient (Wildman–Crippen LogP) is 0.931. The lowest BCUT2D eigenvalue weighted by Gasteiger charge is -2.32. The minimum absolute atomic E-state index is 0.241. The van der Waals surface area contributed by atoms with Crippen LogP contribution in [-0.4, -0.2) is 86.8 Å². The molecule has 1 saturated heterocycles. The standard InChI is InChI=1S/C19H24N8O2.CH2O2/c1-4-29-18-14(12-27-11-13(2)20-19(27)22-18)17(28)21-15-5-6-16(24-23-15)26-9-7-25(3)8-10-26;2-1-3/h5-6,11-12H,4,7-10H2,1-3H3,(H,21,23,28);1H,(H,2,3). The van der Waals surface area contributed by atoms with E-state index in [9.17, 15) is 4.79 Å². The summed E-state index contributed by atoms with van der Waals surface area (Å²) in [5.74, 6) is 1.54. The molecule has 0 bridgehead atoms. The summed E-state index contributed by atoms with van der Waals surface area (Å²) >= 11 is 0. The molecule has 3 aromatic heterocycles. The highest BCUT2D eigenvalue weighted by Crippen LogP contribution is 2.20. The quantitative estimate of drug-likeness (QED) is 0.549. The SMILES string of the molecule is CCOc1nc2nc(C)cn2cc1C(=O)Nc1ccc(N2CCN(C)CC2)nn1.O=CO. The van der Waals surface area contributed by atoms with Crippen LogP contribution in [0.25, 0.3) is 5.78 Å². The molecule has 4 heterocycles. The lowest BCUT2D eigenvalue weighted by molar-refractivity contribution is -0.122. The van der Waals surface area contributed by atoms with Crippen molar-refractivity contribution in [2.24, 2.45) is 0 Å². The van der Waals surface area contributed by atoms with Gasteiger partial charge < -0.3 is 25.0 Å². The number of imidazole rings is 1. The summed E-state index contributed by atoms with van der Waals surface area (Å²) in [6.45, 7) is 7.64. The molecule has 0 radical (unpaired) electrons. The topological polar surface area (TPSA) is 138 Å². The van der Waals surface area contributed by atoms with E-state index in [-0.39, 0.29) is 18.3 Å². The molecule has 4 rings (SSSR count). The van der Waals surface area contributed by atoms with Gasteiger partial charge in [-0.1, -0.05) is 0 Å². The van der Waals surface area contributed by atoms with E-state index < -0.39 is 0 Å². The molecule has 0 aromatic carbocycles. The summed E-state index contributed by atoms with van der Waals surface area (Å²) in [7, 11) is 2.11. The highest BCUT2D eigenvalue weighted by Gasteiger charge is 2.19. The van der Waals surface area contributed by atoms with Crippen molar-refractivity contribution in [3.05, 3.63) is 35.8 Å². The minimum Gasteiger partial charge on any atom is -0.483 e. The first-order valence-corrected chi connectivity index (χ1v) is 10.1. The number of aryl methyl sites for hydroxylation is 1. The van der Waals surface area contributed by atoms with E-state index in [0.29, 0.717) is 23.8 Å². The van der Waals surface area contributed by atoms with E-state index in [4.69, 9.17) is 14.6 Å². The first-order valence-electron chi connectivity index (χ1n) is 10.1. The Labute approximate surface area is 184 Å². The number of likely N-dealkylation sites (N-methyl/N-ethyl adjacent to an activating group) is 1. The third kappa shape index (κ3) is 5.46. The monoisotopic (exact) mass is 442 g/mol. The Morgan fingerprint density at radius 1 is 1.19 bits per heavy atom. The van der Waals surface area contributed by atoms with Gasteiger partial charge in [-0.2, -0.15) is 4.98 Å². The Balaban J connectivity index is 0.000000913. The molecule has 12 heteroatoms. The van der Waals surface area contributed by atoms with E-state index in [1.54, 1.807) is 22.9 Å². The number of hydrogen-bond donors (Lipinski definition) is 2. The van der Waals surface area contributed by atoms with Crippen LogP contribution in [0.2, 0.25) is 0 Å². The second-order valence-corrected chi connectivity index (χ2v) is 7.11. The lowest BCUT2D eigenvalue weighted by Crippen LogP contribution is -2.44. The van der Waals surface area contributed by atoms with Gasteiger partial charge in [-0.3, -0.25) is 14.0 Å². The van der Waals surface area contributed by atoms with E-state index >= 15 is 0 Å². The second kappa shape index (κ2) is 10.5. The number of carbonyl (C=O) groups excluding carboxylic acids is 1. The second-order valence-electron chi connectivity index (χ2n) is 7.11. The minimum atomic E-state index is -0.365. The number of anilines is 2. The first kappa shape index (κ1) is 22.9. The molecular weight excluding hydrogens is 416 g/mol. The molecule has 0 atom stereocenters. The van der Waals surface area contributed by atoms with Crippen LogP contribution in [0.5, 0.6) is 5.88 Å². The fourth-order valence-corrected chi connectivity index (χ4v) is 3.21. The first-order chi connectivity index (χ1) is 15.4. The number of nitrogens with one attached hydrogen (secondary N) is 1. The molecule has 1 aliphatic heterocycles. The van der Waals surface area contributed by atoms with Crippen molar-refractivity contribution in [1.29, 1.82) is 0 Å². The molecule has 2 N–H and O–H groups in total. The predicted molar refractivity (Wildman–Crippen MR) is 117 cm³/mol. The molecular formula is C20H26N8O4. The Kier molecular flexibility index (Phi) is 7.49. The fraction of sp³-hybridized carbons (Fsp3) is 0.400. The molecule has 12 nitrogen and oxygen atoms in total. The van der Waals surface area contributed by atoms with Gasteiger partial charge in [0.1, 0.15) is 5.56 Å². The van der Waals surface area contributed by atoms with Crippen LogP contribution in [0.3, 0.4) is 0 Å². The van der Waals surface area contributed by atoms with Gasteiger partial charge >= 0.3 is 0 Å². The van der Waals surface area contributed by atoms with E-state index in [2.05, 4.69) is 42.3 Å². The zero-order valence-corrected chi connectivity index (χ0v) is 18.2. The fourth-order valence-electron chi connectivity index (χ4n) is 3.21. The van der Waals surface area contributed by atoms with Gasteiger partial charge in [-0.25, -0.2) is 4.98 Å². The summed E-state index contributed by atoms with van der Waals surface area (Å²) in [6.07, 6.45) is 3.47. The van der Waals surface area contributed by atoms with Crippen LogP contribution >= 0.6 is 0 Å². The smallest absolute Gasteiger partial charge is 0.290 e. The molecule has 0 saturated carbocycles. The van der Waals surface area contributed by atoms with E-state index in [1.807, 2.05) is 19.9 Å². The molecule has 1 aliphatic rings. The average molecular weight is 442 g/mol. The number of hydrogen-bond acceptors (Lipinski definition) is 9. The summed E-state index contributed by atoms with van der Waals surface area (Å²) in [6, 6.07) is 3.63. The third-order valence-electron chi connectivity index (χ3n) is 4.78. The highest BCUT2D eigenvalue weighted by molar-refractivity contribution is 6.05. The summed E-state index contributed by atoms with van der Waals surface area (Å²) in [4.78, 5) is 34.3. The number of carbonyl (C=O) groups is 2. The number of ether oxygens (including phenoxy) is 1. The maximum absolute atomic E-state index is 12.8. The Hall–Kier alpha value is -3.80. The number of nitrogens with zero attached hydrogens (tertiary/aromatic N) is 7. The van der Waals surface area contributed by atoms with Gasteiger partial charge in [0.25, 0.3) is 12.4 Å². The van der Waals surface area contributed by atoms with Crippen molar-refractivity contribution in [2.75, 3.05) is 50.1 Å². The molecule has 1 amide bonds. The summed E-state index contributed by atoms with van der Waals surface area (Å²) < 4.78 is 7.25. The molecule has 3 aromatic rings. The van der Waals surface area contributed by atoms with Gasteiger partial charge in [0.05, 0.1) is 12.3 Å².